The highest BCUT2D eigenvalue weighted by atomic mass is 16.5. The highest BCUT2D eigenvalue weighted by molar-refractivity contribution is 5.79. The van der Waals surface area contributed by atoms with Gasteiger partial charge in [-0.3, -0.25) is 9.59 Å². The fourth-order valence-electron chi connectivity index (χ4n) is 2.69. The van der Waals surface area contributed by atoms with Gasteiger partial charge in [-0.15, -0.1) is 0 Å². The molecule has 20 heavy (non-hydrogen) atoms. The SMILES string of the molecule is CO[C@H]1COC[C@@H]1NC(=O)CCN1CCCCCC1=O. The number of nitrogens with one attached hydrogen (secondary N) is 1. The molecule has 1 N–H and O–H groups in total. The van der Waals surface area contributed by atoms with Crippen LogP contribution in [0.3, 0.4) is 0 Å². The van der Waals surface area contributed by atoms with E-state index in [-0.39, 0.29) is 24.0 Å². The molecule has 0 saturated carbocycles. The maximum Gasteiger partial charge on any atom is 0.222 e. The van der Waals surface area contributed by atoms with Crippen LogP contribution in [0.15, 0.2) is 0 Å². The van der Waals surface area contributed by atoms with Gasteiger partial charge in [0, 0.05) is 33.0 Å². The van der Waals surface area contributed by atoms with Gasteiger partial charge >= 0.3 is 0 Å². The molecule has 114 valence electrons. The summed E-state index contributed by atoms with van der Waals surface area (Å²) < 4.78 is 10.5. The molecule has 0 aliphatic carbocycles. The third-order valence-electron chi connectivity index (χ3n) is 3.96. The number of hydrogen-bond acceptors (Lipinski definition) is 4. The number of methoxy groups -OCH3 is 1. The number of amides is 2. The van der Waals surface area contributed by atoms with Gasteiger partial charge in [0.1, 0.15) is 6.10 Å². The molecule has 0 aromatic heterocycles. The molecule has 0 unspecified atom stereocenters. The second-order valence-electron chi connectivity index (χ2n) is 5.43. The Bertz CT molecular complexity index is 348. The van der Waals surface area contributed by atoms with Crippen molar-refractivity contribution in [1.29, 1.82) is 0 Å². The highest BCUT2D eigenvalue weighted by Crippen LogP contribution is 2.12. The number of rotatable bonds is 5. The van der Waals surface area contributed by atoms with Crippen LogP contribution in [0, 0.1) is 0 Å². The molecule has 2 rings (SSSR count). The Hall–Kier alpha value is -1.14. The van der Waals surface area contributed by atoms with Gasteiger partial charge in [-0.2, -0.15) is 0 Å². The molecule has 0 radical (unpaired) electrons. The first kappa shape index (κ1) is 15.3. The normalized spacial score (nSPS) is 27.4. The van der Waals surface area contributed by atoms with Crippen molar-refractivity contribution in [1.82, 2.24) is 10.2 Å². The zero-order valence-electron chi connectivity index (χ0n) is 12.1. The van der Waals surface area contributed by atoms with E-state index in [1.807, 2.05) is 4.90 Å². The van der Waals surface area contributed by atoms with Crippen molar-refractivity contribution in [2.24, 2.45) is 0 Å². The van der Waals surface area contributed by atoms with Gasteiger partial charge in [0.15, 0.2) is 0 Å². The van der Waals surface area contributed by atoms with E-state index in [9.17, 15) is 9.59 Å². The number of ether oxygens (including phenoxy) is 2. The fraction of sp³-hybridized carbons (Fsp3) is 0.857. The Morgan fingerprint density at radius 2 is 2.25 bits per heavy atom. The Morgan fingerprint density at radius 1 is 1.40 bits per heavy atom. The molecule has 2 fully saturated rings. The lowest BCUT2D eigenvalue weighted by atomic mass is 10.2. The summed E-state index contributed by atoms with van der Waals surface area (Å²) >= 11 is 0. The standard InChI is InChI=1S/C14H24N2O4/c1-19-12-10-20-9-11(12)15-13(17)6-8-16-7-4-2-3-5-14(16)18/h11-12H,2-10H2,1H3,(H,15,17)/t11-,12-/m0/s1. The zero-order chi connectivity index (χ0) is 14.4. The lowest BCUT2D eigenvalue weighted by molar-refractivity contribution is -0.131. The number of carbonyl (C=O) groups excluding carboxylic acids is 2. The molecule has 2 amide bonds. The molecule has 2 aliphatic heterocycles. The Morgan fingerprint density at radius 3 is 3.05 bits per heavy atom. The third kappa shape index (κ3) is 4.18. The van der Waals surface area contributed by atoms with Crippen LogP contribution in [0.4, 0.5) is 0 Å². The van der Waals surface area contributed by atoms with Crippen LogP contribution in [0.25, 0.3) is 0 Å². The Labute approximate surface area is 119 Å². The molecule has 0 spiro atoms. The van der Waals surface area contributed by atoms with Crippen LogP contribution < -0.4 is 5.32 Å². The predicted octanol–water partition coefficient (Wildman–Crippen LogP) is 0.309. The second-order valence-corrected chi connectivity index (χ2v) is 5.43. The summed E-state index contributed by atoms with van der Waals surface area (Å²) in [4.78, 5) is 25.6. The number of likely N-dealkylation sites (tertiary alicyclic amines) is 1. The minimum atomic E-state index is -0.0765. The van der Waals surface area contributed by atoms with Crippen LogP contribution in [-0.2, 0) is 19.1 Å². The molecule has 2 atom stereocenters. The summed E-state index contributed by atoms with van der Waals surface area (Å²) in [7, 11) is 1.62. The quantitative estimate of drug-likeness (QED) is 0.789. The smallest absolute Gasteiger partial charge is 0.222 e. The fourth-order valence-corrected chi connectivity index (χ4v) is 2.69. The van der Waals surface area contributed by atoms with E-state index in [0.29, 0.717) is 32.6 Å². The Kier molecular flexibility index (Phi) is 5.79. The van der Waals surface area contributed by atoms with Gasteiger partial charge in [0.05, 0.1) is 19.3 Å². The first-order valence-electron chi connectivity index (χ1n) is 7.38. The van der Waals surface area contributed by atoms with E-state index in [1.54, 1.807) is 7.11 Å². The molecule has 0 bridgehead atoms. The topological polar surface area (TPSA) is 67.9 Å². The highest BCUT2D eigenvalue weighted by Gasteiger charge is 2.29. The maximum absolute atomic E-state index is 11.9. The summed E-state index contributed by atoms with van der Waals surface area (Å²) in [6.45, 7) is 2.30. The lowest BCUT2D eigenvalue weighted by Crippen LogP contribution is -2.44. The number of hydrogen-bond donors (Lipinski definition) is 1. The van der Waals surface area contributed by atoms with Crippen molar-refractivity contribution >= 4 is 11.8 Å². The minimum Gasteiger partial charge on any atom is -0.377 e. The lowest BCUT2D eigenvalue weighted by Gasteiger charge is -2.21. The number of nitrogens with zero attached hydrogens (tertiary/aromatic N) is 1. The van der Waals surface area contributed by atoms with E-state index in [2.05, 4.69) is 5.32 Å². The van der Waals surface area contributed by atoms with Crippen LogP contribution in [0.5, 0.6) is 0 Å². The van der Waals surface area contributed by atoms with Gasteiger partial charge in [-0.1, -0.05) is 6.42 Å². The summed E-state index contributed by atoms with van der Waals surface area (Å²) in [5.74, 6) is 0.133. The molecule has 2 aliphatic rings. The second kappa shape index (κ2) is 7.59. The average molecular weight is 284 g/mol. The molecular weight excluding hydrogens is 260 g/mol. The zero-order valence-corrected chi connectivity index (χ0v) is 12.1. The molecule has 0 aromatic carbocycles. The summed E-state index contributed by atoms with van der Waals surface area (Å²) in [5, 5.41) is 2.92. The van der Waals surface area contributed by atoms with E-state index in [4.69, 9.17) is 9.47 Å². The van der Waals surface area contributed by atoms with Gasteiger partial charge < -0.3 is 19.7 Å². The summed E-state index contributed by atoms with van der Waals surface area (Å²) in [6, 6.07) is -0.0765. The molecule has 2 heterocycles. The minimum absolute atomic E-state index is 0.0420. The van der Waals surface area contributed by atoms with E-state index in [1.165, 1.54) is 0 Å². The first-order valence-corrected chi connectivity index (χ1v) is 7.38. The molecule has 0 aromatic rings. The van der Waals surface area contributed by atoms with Crippen LogP contribution in [0.1, 0.15) is 32.1 Å². The van der Waals surface area contributed by atoms with Crippen molar-refractivity contribution in [3.63, 3.8) is 0 Å². The molecule has 6 heteroatoms. The number of carbonyl (C=O) groups is 2. The van der Waals surface area contributed by atoms with Crippen LogP contribution in [0.2, 0.25) is 0 Å². The predicted molar refractivity (Wildman–Crippen MR) is 73.2 cm³/mol. The van der Waals surface area contributed by atoms with Crippen molar-refractivity contribution < 1.29 is 19.1 Å². The average Bonchev–Trinajstić information content (AvgIpc) is 2.78. The van der Waals surface area contributed by atoms with Crippen molar-refractivity contribution in [2.45, 2.75) is 44.2 Å². The largest absolute Gasteiger partial charge is 0.377 e. The molecule has 6 nitrogen and oxygen atoms in total. The van der Waals surface area contributed by atoms with E-state index >= 15 is 0 Å². The van der Waals surface area contributed by atoms with Crippen LogP contribution in [-0.4, -0.2) is 62.3 Å². The van der Waals surface area contributed by atoms with Crippen molar-refractivity contribution in [3.8, 4) is 0 Å². The van der Waals surface area contributed by atoms with Crippen LogP contribution >= 0.6 is 0 Å². The first-order chi connectivity index (χ1) is 9.70. The molecule has 2 saturated heterocycles. The maximum atomic E-state index is 11.9. The van der Waals surface area contributed by atoms with Gasteiger partial charge in [0.2, 0.25) is 11.8 Å². The van der Waals surface area contributed by atoms with Crippen molar-refractivity contribution in [2.75, 3.05) is 33.4 Å². The monoisotopic (exact) mass is 284 g/mol. The van der Waals surface area contributed by atoms with E-state index < -0.39 is 0 Å². The Balaban J connectivity index is 1.72. The summed E-state index contributed by atoms with van der Waals surface area (Å²) in [6.07, 6.45) is 4.00. The third-order valence-corrected chi connectivity index (χ3v) is 3.96. The van der Waals surface area contributed by atoms with Gasteiger partial charge in [-0.25, -0.2) is 0 Å². The van der Waals surface area contributed by atoms with E-state index in [0.717, 1.165) is 25.8 Å². The summed E-state index contributed by atoms with van der Waals surface area (Å²) in [5.41, 5.74) is 0. The molecular formula is C14H24N2O4. The van der Waals surface area contributed by atoms with Gasteiger partial charge in [0.25, 0.3) is 0 Å². The van der Waals surface area contributed by atoms with Crippen molar-refractivity contribution in [3.05, 3.63) is 0 Å². The van der Waals surface area contributed by atoms with Gasteiger partial charge in [-0.05, 0) is 12.8 Å².